The van der Waals surface area contributed by atoms with E-state index in [0.29, 0.717) is 31.2 Å². The van der Waals surface area contributed by atoms with Gasteiger partial charge in [0.2, 0.25) is 0 Å². The lowest BCUT2D eigenvalue weighted by Crippen LogP contribution is -2.30. The summed E-state index contributed by atoms with van der Waals surface area (Å²) in [5, 5.41) is 3.03. The molecule has 6 nitrogen and oxygen atoms in total. The molecule has 0 spiro atoms. The van der Waals surface area contributed by atoms with E-state index in [1.165, 1.54) is 0 Å². The van der Waals surface area contributed by atoms with Gasteiger partial charge in [0.25, 0.3) is 5.91 Å². The highest BCUT2D eigenvalue weighted by molar-refractivity contribution is 5.94. The maximum Gasteiger partial charge on any atom is 0.253 e. The molecule has 3 N–H and O–H groups in total. The molecule has 0 saturated heterocycles. The molecule has 0 bridgehead atoms. The van der Waals surface area contributed by atoms with E-state index in [0.717, 1.165) is 17.0 Å². The molecule has 1 amide bonds. The molecular weight excluding hydrogens is 328 g/mol. The molecule has 0 fully saturated rings. The van der Waals surface area contributed by atoms with E-state index in [1.807, 2.05) is 62.4 Å². The van der Waals surface area contributed by atoms with Crippen molar-refractivity contribution >= 4 is 17.6 Å². The molecule has 138 valence electrons. The van der Waals surface area contributed by atoms with Crippen LogP contribution in [0.15, 0.2) is 53.5 Å². The molecular formula is C20H26N4O2. The summed E-state index contributed by atoms with van der Waals surface area (Å²) in [5.74, 6) is 1.16. The second-order valence-corrected chi connectivity index (χ2v) is 5.73. The number of ether oxygens (including phenoxy) is 1. The molecule has 6 heteroatoms. The van der Waals surface area contributed by atoms with E-state index in [4.69, 9.17) is 10.5 Å². The predicted octanol–water partition coefficient (Wildman–Crippen LogP) is 3.10. The largest absolute Gasteiger partial charge is 0.497 e. The van der Waals surface area contributed by atoms with Crippen molar-refractivity contribution in [1.82, 2.24) is 4.90 Å². The van der Waals surface area contributed by atoms with E-state index in [-0.39, 0.29) is 5.91 Å². The fraction of sp³-hybridized carbons (Fsp3) is 0.300. The molecule has 0 unspecified atom stereocenters. The van der Waals surface area contributed by atoms with Gasteiger partial charge >= 0.3 is 0 Å². The van der Waals surface area contributed by atoms with Crippen LogP contribution in [-0.4, -0.2) is 37.0 Å². The number of nitrogens with one attached hydrogen (secondary N) is 1. The van der Waals surface area contributed by atoms with Gasteiger partial charge in [-0.05, 0) is 55.8 Å². The highest BCUT2D eigenvalue weighted by atomic mass is 16.5. The van der Waals surface area contributed by atoms with Gasteiger partial charge in [0.15, 0.2) is 5.96 Å². The highest BCUT2D eigenvalue weighted by Crippen LogP contribution is 2.15. The number of carbonyl (C=O) groups is 1. The molecule has 2 aromatic carbocycles. The number of benzene rings is 2. The Morgan fingerprint density at radius 1 is 1.08 bits per heavy atom. The van der Waals surface area contributed by atoms with Crippen molar-refractivity contribution < 1.29 is 9.53 Å². The summed E-state index contributed by atoms with van der Waals surface area (Å²) >= 11 is 0. The maximum absolute atomic E-state index is 12.3. The summed E-state index contributed by atoms with van der Waals surface area (Å²) < 4.78 is 5.12. The van der Waals surface area contributed by atoms with Crippen LogP contribution in [0.5, 0.6) is 5.75 Å². The van der Waals surface area contributed by atoms with E-state index in [9.17, 15) is 4.79 Å². The van der Waals surface area contributed by atoms with Crippen molar-refractivity contribution in [3.63, 3.8) is 0 Å². The molecule has 0 aliphatic carbocycles. The number of rotatable bonds is 7. The molecule has 0 radical (unpaired) electrons. The SMILES string of the molecule is CCN(CC)C(=O)c1ccc(CN=C(N)Nc2ccc(OC)cc2)cc1. The molecule has 0 aliphatic heterocycles. The fourth-order valence-corrected chi connectivity index (χ4v) is 2.48. The van der Waals surface area contributed by atoms with Crippen molar-refractivity contribution in [2.75, 3.05) is 25.5 Å². The maximum atomic E-state index is 12.3. The summed E-state index contributed by atoms with van der Waals surface area (Å²) in [7, 11) is 1.62. The van der Waals surface area contributed by atoms with Crippen molar-refractivity contribution in [2.24, 2.45) is 10.7 Å². The number of hydrogen-bond donors (Lipinski definition) is 2. The average molecular weight is 354 g/mol. The summed E-state index contributed by atoms with van der Waals surface area (Å²) in [6.45, 7) is 5.80. The Balaban J connectivity index is 1.95. The molecule has 2 aromatic rings. The monoisotopic (exact) mass is 354 g/mol. The molecule has 26 heavy (non-hydrogen) atoms. The Bertz CT molecular complexity index is 735. The molecule has 2 rings (SSSR count). The van der Waals surface area contributed by atoms with Gasteiger partial charge in [-0.25, -0.2) is 4.99 Å². The number of methoxy groups -OCH3 is 1. The number of guanidine groups is 1. The Morgan fingerprint density at radius 2 is 1.69 bits per heavy atom. The lowest BCUT2D eigenvalue weighted by Gasteiger charge is -2.18. The lowest BCUT2D eigenvalue weighted by molar-refractivity contribution is 0.0773. The fourth-order valence-electron chi connectivity index (χ4n) is 2.48. The Hall–Kier alpha value is -3.02. The summed E-state index contributed by atoms with van der Waals surface area (Å²) in [6, 6.07) is 14.9. The summed E-state index contributed by atoms with van der Waals surface area (Å²) in [6.07, 6.45) is 0. The van der Waals surface area contributed by atoms with Crippen molar-refractivity contribution in [3.8, 4) is 5.75 Å². The first-order chi connectivity index (χ1) is 12.6. The van der Waals surface area contributed by atoms with Crippen LogP contribution >= 0.6 is 0 Å². The minimum Gasteiger partial charge on any atom is -0.497 e. The molecule has 0 aromatic heterocycles. The van der Waals surface area contributed by atoms with Gasteiger partial charge in [0, 0.05) is 24.3 Å². The quantitative estimate of drug-likeness (QED) is 0.591. The van der Waals surface area contributed by atoms with Crippen molar-refractivity contribution in [2.45, 2.75) is 20.4 Å². The Labute approximate surface area is 154 Å². The van der Waals surface area contributed by atoms with Gasteiger partial charge in [-0.3, -0.25) is 4.79 Å². The molecule has 0 heterocycles. The number of nitrogens with zero attached hydrogens (tertiary/aromatic N) is 2. The van der Waals surface area contributed by atoms with Crippen LogP contribution in [0.25, 0.3) is 0 Å². The zero-order valence-electron chi connectivity index (χ0n) is 15.5. The normalized spacial score (nSPS) is 11.1. The average Bonchev–Trinajstić information content (AvgIpc) is 2.68. The second-order valence-electron chi connectivity index (χ2n) is 5.73. The first-order valence-corrected chi connectivity index (χ1v) is 8.66. The standard InChI is InChI=1S/C20H26N4O2/c1-4-24(5-2)19(25)16-8-6-15(7-9-16)14-22-20(21)23-17-10-12-18(26-3)13-11-17/h6-13H,4-5,14H2,1-3H3,(H3,21,22,23). The van der Waals surface area contributed by atoms with E-state index in [1.54, 1.807) is 12.0 Å². The number of nitrogens with two attached hydrogens (primary N) is 1. The minimum atomic E-state index is 0.0470. The van der Waals surface area contributed by atoms with Gasteiger partial charge < -0.3 is 20.7 Å². The number of hydrogen-bond acceptors (Lipinski definition) is 3. The van der Waals surface area contributed by atoms with Crippen LogP contribution in [0.4, 0.5) is 5.69 Å². The van der Waals surface area contributed by atoms with Crippen LogP contribution in [0.2, 0.25) is 0 Å². The molecule has 0 aliphatic rings. The number of amides is 1. The van der Waals surface area contributed by atoms with Crippen LogP contribution < -0.4 is 15.8 Å². The summed E-state index contributed by atoms with van der Waals surface area (Å²) in [5.41, 5.74) is 8.44. The minimum absolute atomic E-state index is 0.0470. The van der Waals surface area contributed by atoms with Crippen LogP contribution in [0, 0.1) is 0 Å². The van der Waals surface area contributed by atoms with Gasteiger partial charge in [-0.2, -0.15) is 0 Å². The van der Waals surface area contributed by atoms with E-state index in [2.05, 4.69) is 10.3 Å². The summed E-state index contributed by atoms with van der Waals surface area (Å²) in [4.78, 5) is 18.4. The van der Waals surface area contributed by atoms with Crippen LogP contribution in [0.1, 0.15) is 29.8 Å². The van der Waals surface area contributed by atoms with Crippen molar-refractivity contribution in [1.29, 1.82) is 0 Å². The second kappa shape index (κ2) is 9.46. The molecule has 0 atom stereocenters. The number of anilines is 1. The first kappa shape index (κ1) is 19.3. The Kier molecular flexibility index (Phi) is 7.02. The predicted molar refractivity (Wildman–Crippen MR) is 106 cm³/mol. The smallest absolute Gasteiger partial charge is 0.253 e. The highest BCUT2D eigenvalue weighted by Gasteiger charge is 2.11. The zero-order valence-corrected chi connectivity index (χ0v) is 15.5. The zero-order chi connectivity index (χ0) is 18.9. The topological polar surface area (TPSA) is 80.0 Å². The van der Waals surface area contributed by atoms with Gasteiger partial charge in [-0.15, -0.1) is 0 Å². The molecule has 0 saturated carbocycles. The third kappa shape index (κ3) is 5.24. The first-order valence-electron chi connectivity index (χ1n) is 8.66. The Morgan fingerprint density at radius 3 is 2.23 bits per heavy atom. The lowest BCUT2D eigenvalue weighted by atomic mass is 10.1. The van der Waals surface area contributed by atoms with Gasteiger partial charge in [0.1, 0.15) is 5.75 Å². The van der Waals surface area contributed by atoms with Crippen LogP contribution in [-0.2, 0) is 6.54 Å². The third-order valence-corrected chi connectivity index (χ3v) is 4.05. The van der Waals surface area contributed by atoms with Crippen LogP contribution in [0.3, 0.4) is 0 Å². The van der Waals surface area contributed by atoms with E-state index >= 15 is 0 Å². The van der Waals surface area contributed by atoms with Gasteiger partial charge in [0.05, 0.1) is 13.7 Å². The van der Waals surface area contributed by atoms with Gasteiger partial charge in [-0.1, -0.05) is 12.1 Å². The van der Waals surface area contributed by atoms with Crippen molar-refractivity contribution in [3.05, 3.63) is 59.7 Å². The number of aliphatic imine (C=N–C) groups is 1. The number of carbonyl (C=O) groups excluding carboxylic acids is 1. The third-order valence-electron chi connectivity index (χ3n) is 4.05. The van der Waals surface area contributed by atoms with E-state index < -0.39 is 0 Å².